The minimum atomic E-state index is -1.25. The van der Waals surface area contributed by atoms with Gasteiger partial charge in [0.25, 0.3) is 5.69 Å². The fourth-order valence-corrected chi connectivity index (χ4v) is 1.98. The van der Waals surface area contributed by atoms with Crippen LogP contribution >= 0.6 is 0 Å². The molecule has 0 bridgehead atoms. The van der Waals surface area contributed by atoms with E-state index in [1.165, 1.54) is 19.1 Å². The van der Waals surface area contributed by atoms with Crippen molar-refractivity contribution in [2.24, 2.45) is 0 Å². The first-order chi connectivity index (χ1) is 11.0. The number of aldehydes is 1. The average molecular weight is 317 g/mol. The van der Waals surface area contributed by atoms with Crippen LogP contribution in [0.3, 0.4) is 0 Å². The number of nitro benzene ring substituents is 1. The topological polar surface area (TPSA) is 98.9 Å². The maximum Gasteiger partial charge on any atom is 0.283 e. The van der Waals surface area contributed by atoms with Crippen LogP contribution in [0.25, 0.3) is 0 Å². The van der Waals surface area contributed by atoms with E-state index in [0.717, 1.165) is 5.56 Å². The van der Waals surface area contributed by atoms with Crippen molar-refractivity contribution in [1.29, 1.82) is 0 Å². The van der Waals surface area contributed by atoms with Gasteiger partial charge in [-0.05, 0) is 18.6 Å². The third-order valence-corrected chi connectivity index (χ3v) is 2.98. The molecular formula is C16H15NO6. The predicted molar refractivity (Wildman–Crippen MR) is 81.6 cm³/mol. The molecule has 7 heteroatoms. The molecule has 0 aliphatic rings. The molecule has 0 heterocycles. The van der Waals surface area contributed by atoms with Crippen LogP contribution in [0.15, 0.2) is 42.5 Å². The first kappa shape index (κ1) is 16.4. The van der Waals surface area contributed by atoms with Gasteiger partial charge in [-0.15, -0.1) is 0 Å². The van der Waals surface area contributed by atoms with Crippen LogP contribution in [-0.2, 0) is 6.61 Å². The Labute approximate surface area is 132 Å². The van der Waals surface area contributed by atoms with Gasteiger partial charge in [0.15, 0.2) is 24.1 Å². The fourth-order valence-electron chi connectivity index (χ4n) is 1.98. The molecule has 0 radical (unpaired) electrons. The lowest BCUT2D eigenvalue weighted by Gasteiger charge is -2.16. The van der Waals surface area contributed by atoms with Gasteiger partial charge >= 0.3 is 0 Å². The highest BCUT2D eigenvalue weighted by Crippen LogP contribution is 2.37. The minimum Gasteiger partial charge on any atom is -0.485 e. The summed E-state index contributed by atoms with van der Waals surface area (Å²) in [6.07, 6.45) is -0.944. The van der Waals surface area contributed by atoms with E-state index in [1.54, 1.807) is 0 Å². The lowest BCUT2D eigenvalue weighted by atomic mass is 10.1. The Bertz CT molecular complexity index is 699. The maximum absolute atomic E-state index is 11.2. The van der Waals surface area contributed by atoms with Crippen LogP contribution in [0.1, 0.15) is 22.8 Å². The monoisotopic (exact) mass is 317 g/mol. The minimum absolute atomic E-state index is 0.141. The van der Waals surface area contributed by atoms with Crippen molar-refractivity contribution in [2.75, 3.05) is 0 Å². The third-order valence-electron chi connectivity index (χ3n) is 2.98. The van der Waals surface area contributed by atoms with Gasteiger partial charge in [-0.1, -0.05) is 30.3 Å². The van der Waals surface area contributed by atoms with Gasteiger partial charge in [-0.3, -0.25) is 14.9 Å². The zero-order valence-electron chi connectivity index (χ0n) is 12.3. The summed E-state index contributed by atoms with van der Waals surface area (Å²) in [7, 11) is 0. The van der Waals surface area contributed by atoms with Gasteiger partial charge in [0.05, 0.1) is 4.92 Å². The largest absolute Gasteiger partial charge is 0.485 e. The fraction of sp³-hybridized carbons (Fsp3) is 0.188. The number of nitro groups is 1. The summed E-state index contributed by atoms with van der Waals surface area (Å²) in [6.45, 7) is 1.52. The van der Waals surface area contributed by atoms with Gasteiger partial charge in [-0.25, -0.2) is 0 Å². The molecule has 0 saturated heterocycles. The van der Waals surface area contributed by atoms with Crippen LogP contribution in [0.5, 0.6) is 11.5 Å². The molecule has 2 aromatic rings. The number of benzene rings is 2. The number of hydrogen-bond donors (Lipinski definition) is 1. The van der Waals surface area contributed by atoms with E-state index < -0.39 is 16.9 Å². The zero-order chi connectivity index (χ0) is 16.8. The molecule has 2 rings (SSSR count). The van der Waals surface area contributed by atoms with E-state index in [9.17, 15) is 20.0 Å². The van der Waals surface area contributed by atoms with Crippen LogP contribution in [0, 0.1) is 10.1 Å². The van der Waals surface area contributed by atoms with Crippen molar-refractivity contribution < 1.29 is 24.3 Å². The molecule has 0 aliphatic carbocycles. The Morgan fingerprint density at radius 2 is 1.96 bits per heavy atom. The van der Waals surface area contributed by atoms with Crippen molar-refractivity contribution in [2.45, 2.75) is 19.8 Å². The highest BCUT2D eigenvalue weighted by molar-refractivity contribution is 5.87. The molecule has 23 heavy (non-hydrogen) atoms. The van der Waals surface area contributed by atoms with Gasteiger partial charge in [0.2, 0.25) is 0 Å². The van der Waals surface area contributed by atoms with Crippen molar-refractivity contribution in [3.63, 3.8) is 0 Å². The normalized spacial score (nSPS) is 11.6. The van der Waals surface area contributed by atoms with Gasteiger partial charge < -0.3 is 14.6 Å². The van der Waals surface area contributed by atoms with Gasteiger partial charge in [0, 0.05) is 6.07 Å². The third kappa shape index (κ3) is 4.04. The molecule has 0 amide bonds. The second-order valence-corrected chi connectivity index (χ2v) is 4.69. The Morgan fingerprint density at radius 3 is 2.52 bits per heavy atom. The first-order valence-corrected chi connectivity index (χ1v) is 6.81. The van der Waals surface area contributed by atoms with Crippen molar-refractivity contribution in [3.8, 4) is 11.5 Å². The highest BCUT2D eigenvalue weighted by Gasteiger charge is 2.24. The van der Waals surface area contributed by atoms with Crippen LogP contribution < -0.4 is 9.47 Å². The number of aliphatic hydroxyl groups is 1. The quantitative estimate of drug-likeness (QED) is 0.365. The maximum atomic E-state index is 11.2. The smallest absolute Gasteiger partial charge is 0.283 e. The molecule has 1 unspecified atom stereocenters. The number of hydrogen-bond acceptors (Lipinski definition) is 6. The van der Waals surface area contributed by atoms with E-state index in [4.69, 9.17) is 9.47 Å². The number of nitrogens with zero attached hydrogens (tertiary/aromatic N) is 1. The zero-order valence-corrected chi connectivity index (χ0v) is 12.3. The molecular weight excluding hydrogens is 302 g/mol. The lowest BCUT2D eigenvalue weighted by molar-refractivity contribution is -0.385. The lowest BCUT2D eigenvalue weighted by Crippen LogP contribution is -2.13. The molecule has 0 saturated carbocycles. The van der Waals surface area contributed by atoms with Crippen molar-refractivity contribution in [1.82, 2.24) is 0 Å². The van der Waals surface area contributed by atoms with E-state index in [2.05, 4.69) is 0 Å². The molecule has 0 aliphatic heterocycles. The van der Waals surface area contributed by atoms with Crippen LogP contribution in [0.2, 0.25) is 0 Å². The number of carbonyl (C=O) groups excluding carboxylic acids is 1. The summed E-state index contributed by atoms with van der Waals surface area (Å²) in [5.74, 6) is -0.0115. The standard InChI is InChI=1S/C16H15NO6/c1-11(19)23-16-13(9-18)14(17(20)21)7-8-15(16)22-10-12-5-3-2-4-6-12/h2-9,11,19H,10H2,1H3. The first-order valence-electron chi connectivity index (χ1n) is 6.81. The Balaban J connectivity index is 2.37. The molecule has 0 fully saturated rings. The van der Waals surface area contributed by atoms with E-state index >= 15 is 0 Å². The second kappa shape index (κ2) is 7.37. The number of ether oxygens (including phenoxy) is 2. The molecule has 0 aromatic heterocycles. The van der Waals surface area contributed by atoms with E-state index in [1.807, 2.05) is 30.3 Å². The van der Waals surface area contributed by atoms with Gasteiger partial charge in [0.1, 0.15) is 12.2 Å². The summed E-state index contributed by atoms with van der Waals surface area (Å²) in [5, 5.41) is 20.4. The number of rotatable bonds is 7. The summed E-state index contributed by atoms with van der Waals surface area (Å²) >= 11 is 0. The molecule has 1 N–H and O–H groups in total. The summed E-state index contributed by atoms with van der Waals surface area (Å²) < 4.78 is 10.7. The number of carbonyl (C=O) groups is 1. The average Bonchev–Trinajstić information content (AvgIpc) is 2.53. The Hall–Kier alpha value is -2.93. The number of aliphatic hydroxyl groups excluding tert-OH is 1. The second-order valence-electron chi connectivity index (χ2n) is 4.69. The predicted octanol–water partition coefficient (Wildman–Crippen LogP) is 2.70. The highest BCUT2D eigenvalue weighted by atomic mass is 16.6. The molecule has 0 spiro atoms. The summed E-state index contributed by atoms with van der Waals surface area (Å²) in [5.41, 5.74) is 0.186. The summed E-state index contributed by atoms with van der Waals surface area (Å²) in [4.78, 5) is 21.5. The van der Waals surface area contributed by atoms with E-state index in [-0.39, 0.29) is 23.7 Å². The molecule has 1 atom stereocenters. The Morgan fingerprint density at radius 1 is 1.26 bits per heavy atom. The molecule has 2 aromatic carbocycles. The SMILES string of the molecule is CC(O)Oc1c(OCc2ccccc2)ccc([N+](=O)[O-])c1C=O. The summed E-state index contributed by atoms with van der Waals surface area (Å²) in [6, 6.07) is 11.8. The van der Waals surface area contributed by atoms with Gasteiger partial charge in [-0.2, -0.15) is 0 Å². The van der Waals surface area contributed by atoms with Crippen LogP contribution in [-0.4, -0.2) is 22.6 Å². The molecule has 7 nitrogen and oxygen atoms in total. The molecule has 120 valence electrons. The van der Waals surface area contributed by atoms with Crippen molar-refractivity contribution >= 4 is 12.0 Å². The van der Waals surface area contributed by atoms with Crippen LogP contribution in [0.4, 0.5) is 5.69 Å². The van der Waals surface area contributed by atoms with Crippen molar-refractivity contribution in [3.05, 3.63) is 63.7 Å². The van der Waals surface area contributed by atoms with E-state index in [0.29, 0.717) is 6.29 Å². The Kier molecular flexibility index (Phi) is 5.27.